The van der Waals surface area contributed by atoms with Gasteiger partial charge in [-0.2, -0.15) is 0 Å². The molecule has 1 aliphatic heterocycles. The Morgan fingerprint density at radius 3 is 2.22 bits per heavy atom. The number of carbonyl (C=O) groups excluding carboxylic acids is 3. The number of nitrogens with zero attached hydrogens (tertiary/aromatic N) is 1. The summed E-state index contributed by atoms with van der Waals surface area (Å²) < 4.78 is 11.1. The summed E-state index contributed by atoms with van der Waals surface area (Å²) in [5.41, 5.74) is 2.59. The summed E-state index contributed by atoms with van der Waals surface area (Å²) in [6.07, 6.45) is 0. The Bertz CT molecular complexity index is 1360. The first-order valence-electron chi connectivity index (χ1n) is 11.3. The molecule has 0 saturated carbocycles. The smallest absolute Gasteiger partial charge is 0.338 e. The number of aryl methyl sites for hydroxylation is 1. The van der Waals surface area contributed by atoms with Crippen molar-refractivity contribution in [2.24, 2.45) is 0 Å². The second-order valence-electron chi connectivity index (χ2n) is 8.17. The van der Waals surface area contributed by atoms with Crippen LogP contribution in [0.1, 0.15) is 40.0 Å². The van der Waals surface area contributed by atoms with Crippen LogP contribution in [0.3, 0.4) is 0 Å². The van der Waals surface area contributed by atoms with Gasteiger partial charge in [0.25, 0.3) is 11.7 Å². The molecule has 1 aliphatic rings. The van der Waals surface area contributed by atoms with Gasteiger partial charge in [-0.1, -0.05) is 34.1 Å². The minimum Gasteiger partial charge on any atom is -0.507 e. The third kappa shape index (κ3) is 4.64. The van der Waals surface area contributed by atoms with E-state index < -0.39 is 23.7 Å². The molecule has 1 unspecified atom stereocenters. The van der Waals surface area contributed by atoms with Crippen LogP contribution in [0.25, 0.3) is 5.76 Å². The summed E-state index contributed by atoms with van der Waals surface area (Å²) in [6, 6.07) is 17.5. The highest BCUT2D eigenvalue weighted by molar-refractivity contribution is 9.10. The minimum absolute atomic E-state index is 0.0265. The minimum atomic E-state index is -0.895. The lowest BCUT2D eigenvalue weighted by atomic mass is 9.94. The average molecular weight is 550 g/mol. The van der Waals surface area contributed by atoms with Gasteiger partial charge in [-0.05, 0) is 73.5 Å². The zero-order chi connectivity index (χ0) is 26.0. The predicted molar refractivity (Wildman–Crippen MR) is 139 cm³/mol. The molecule has 0 aromatic heterocycles. The van der Waals surface area contributed by atoms with Gasteiger partial charge in [-0.25, -0.2) is 4.79 Å². The predicted octanol–water partition coefficient (Wildman–Crippen LogP) is 5.57. The molecule has 1 amide bonds. The zero-order valence-corrected chi connectivity index (χ0v) is 21.5. The number of amides is 1. The number of hydrogen-bond donors (Lipinski definition) is 1. The van der Waals surface area contributed by atoms with Crippen LogP contribution in [0.2, 0.25) is 0 Å². The van der Waals surface area contributed by atoms with Crippen LogP contribution in [-0.4, -0.2) is 36.5 Å². The van der Waals surface area contributed by atoms with Gasteiger partial charge in [-0.15, -0.1) is 0 Å². The molecule has 0 radical (unpaired) electrons. The van der Waals surface area contributed by atoms with Gasteiger partial charge in [0.2, 0.25) is 0 Å². The standard InChI is InChI=1S/C28H24BrNO6/c1-4-36-28(34)18-5-10-20(11-6-18)30-24(17-7-12-21(35-3)13-8-17)23(26(32)27(30)33)25(31)19-9-14-22(29)16(2)15-19/h5-15,24,31H,4H2,1-3H3/b25-23-. The summed E-state index contributed by atoms with van der Waals surface area (Å²) in [5.74, 6) is -1.73. The maximum atomic E-state index is 13.3. The number of anilines is 1. The molecule has 1 heterocycles. The molecule has 4 rings (SSSR count). The lowest BCUT2D eigenvalue weighted by Crippen LogP contribution is -2.29. The third-order valence-electron chi connectivity index (χ3n) is 5.96. The van der Waals surface area contributed by atoms with Crippen molar-refractivity contribution in [2.45, 2.75) is 19.9 Å². The van der Waals surface area contributed by atoms with Crippen molar-refractivity contribution in [1.29, 1.82) is 0 Å². The van der Waals surface area contributed by atoms with Crippen LogP contribution in [-0.2, 0) is 14.3 Å². The van der Waals surface area contributed by atoms with Crippen molar-refractivity contribution < 1.29 is 29.0 Å². The highest BCUT2D eigenvalue weighted by Crippen LogP contribution is 2.42. The topological polar surface area (TPSA) is 93.1 Å². The van der Waals surface area contributed by atoms with Crippen LogP contribution < -0.4 is 9.64 Å². The van der Waals surface area contributed by atoms with Gasteiger partial charge < -0.3 is 14.6 Å². The van der Waals surface area contributed by atoms with Gasteiger partial charge in [0.15, 0.2) is 0 Å². The van der Waals surface area contributed by atoms with Crippen molar-refractivity contribution in [1.82, 2.24) is 0 Å². The number of halogens is 1. The first-order valence-corrected chi connectivity index (χ1v) is 12.0. The molecule has 1 N–H and O–H groups in total. The normalized spacial score (nSPS) is 16.8. The van der Waals surface area contributed by atoms with E-state index in [-0.39, 0.29) is 17.9 Å². The lowest BCUT2D eigenvalue weighted by Gasteiger charge is -2.25. The number of ether oxygens (including phenoxy) is 2. The van der Waals surface area contributed by atoms with Gasteiger partial charge in [0, 0.05) is 15.7 Å². The van der Waals surface area contributed by atoms with Crippen molar-refractivity contribution in [3.8, 4) is 5.75 Å². The molecule has 36 heavy (non-hydrogen) atoms. The van der Waals surface area contributed by atoms with E-state index >= 15 is 0 Å². The summed E-state index contributed by atoms with van der Waals surface area (Å²) >= 11 is 3.44. The van der Waals surface area contributed by atoms with Crippen molar-refractivity contribution in [3.63, 3.8) is 0 Å². The molecule has 184 valence electrons. The lowest BCUT2D eigenvalue weighted by molar-refractivity contribution is -0.132. The molecule has 1 atom stereocenters. The van der Waals surface area contributed by atoms with Gasteiger partial charge in [0.1, 0.15) is 11.5 Å². The second kappa shape index (κ2) is 10.4. The largest absolute Gasteiger partial charge is 0.507 e. The fraction of sp³-hybridized carbons (Fsp3) is 0.179. The Labute approximate surface area is 217 Å². The number of benzene rings is 3. The maximum Gasteiger partial charge on any atom is 0.338 e. The zero-order valence-electron chi connectivity index (χ0n) is 19.9. The molecule has 1 saturated heterocycles. The SMILES string of the molecule is CCOC(=O)c1ccc(N2C(=O)C(=O)/C(=C(\O)c3ccc(Br)c(C)c3)C2c2ccc(OC)cc2)cc1. The number of Topliss-reactive ketones (excluding diaryl/α,β-unsaturated/α-hetero) is 1. The Kier molecular flexibility index (Phi) is 7.26. The number of esters is 1. The fourth-order valence-corrected chi connectivity index (χ4v) is 4.37. The third-order valence-corrected chi connectivity index (χ3v) is 6.85. The van der Waals surface area contributed by atoms with Crippen LogP contribution in [0.5, 0.6) is 5.75 Å². The molecule has 0 bridgehead atoms. The number of rotatable bonds is 6. The van der Waals surface area contributed by atoms with Crippen molar-refractivity contribution in [2.75, 3.05) is 18.6 Å². The number of methoxy groups -OCH3 is 1. The fourth-order valence-electron chi connectivity index (χ4n) is 4.12. The maximum absolute atomic E-state index is 13.3. The monoisotopic (exact) mass is 549 g/mol. The first kappa shape index (κ1) is 25.2. The number of carbonyl (C=O) groups is 3. The van der Waals surface area contributed by atoms with Gasteiger partial charge in [-0.3, -0.25) is 14.5 Å². The molecule has 3 aromatic carbocycles. The Balaban J connectivity index is 1.87. The van der Waals surface area contributed by atoms with Crippen molar-refractivity contribution in [3.05, 3.63) is 99.0 Å². The van der Waals surface area contributed by atoms with Crippen LogP contribution >= 0.6 is 15.9 Å². The Morgan fingerprint density at radius 2 is 1.64 bits per heavy atom. The summed E-state index contributed by atoms with van der Waals surface area (Å²) in [5, 5.41) is 11.3. The quantitative estimate of drug-likeness (QED) is 0.187. The van der Waals surface area contributed by atoms with Crippen LogP contribution in [0.15, 0.2) is 76.8 Å². The molecule has 8 heteroatoms. The number of hydrogen-bond acceptors (Lipinski definition) is 6. The van der Waals surface area contributed by atoms with E-state index in [1.807, 2.05) is 6.92 Å². The van der Waals surface area contributed by atoms with Gasteiger partial charge >= 0.3 is 5.97 Å². The Morgan fingerprint density at radius 1 is 1.00 bits per heavy atom. The number of aliphatic hydroxyl groups is 1. The molecular formula is C28H24BrNO6. The molecule has 0 aliphatic carbocycles. The molecular weight excluding hydrogens is 526 g/mol. The molecule has 0 spiro atoms. The molecule has 1 fully saturated rings. The average Bonchev–Trinajstić information content (AvgIpc) is 3.15. The van der Waals surface area contributed by atoms with Gasteiger partial charge in [0.05, 0.1) is 30.9 Å². The van der Waals surface area contributed by atoms with E-state index in [1.165, 1.54) is 17.0 Å². The number of aliphatic hydroxyl groups excluding tert-OH is 1. The van der Waals surface area contributed by atoms with E-state index in [0.29, 0.717) is 28.1 Å². The van der Waals surface area contributed by atoms with Crippen LogP contribution in [0, 0.1) is 6.92 Å². The highest BCUT2D eigenvalue weighted by Gasteiger charge is 2.47. The van der Waals surface area contributed by atoms with E-state index in [2.05, 4.69) is 15.9 Å². The molecule has 7 nitrogen and oxygen atoms in total. The van der Waals surface area contributed by atoms with E-state index in [1.54, 1.807) is 68.6 Å². The second-order valence-corrected chi connectivity index (χ2v) is 9.03. The highest BCUT2D eigenvalue weighted by atomic mass is 79.9. The first-order chi connectivity index (χ1) is 17.3. The van der Waals surface area contributed by atoms with Crippen LogP contribution in [0.4, 0.5) is 5.69 Å². The van der Waals surface area contributed by atoms with E-state index in [4.69, 9.17) is 9.47 Å². The van der Waals surface area contributed by atoms with E-state index in [0.717, 1.165) is 10.0 Å². The summed E-state index contributed by atoms with van der Waals surface area (Å²) in [7, 11) is 1.54. The summed E-state index contributed by atoms with van der Waals surface area (Å²) in [6.45, 7) is 3.82. The number of ketones is 1. The Hall–Kier alpha value is -3.91. The molecule has 3 aromatic rings. The van der Waals surface area contributed by atoms with E-state index in [9.17, 15) is 19.5 Å². The van der Waals surface area contributed by atoms with Crippen molar-refractivity contribution >= 4 is 45.0 Å². The summed E-state index contributed by atoms with van der Waals surface area (Å²) in [4.78, 5) is 40.0.